The number of nitrogens with one attached hydrogen (secondary N) is 1. The average Bonchev–Trinajstić information content (AvgIpc) is 2.69. The molecule has 6 heteroatoms. The van der Waals surface area contributed by atoms with Crippen molar-refractivity contribution in [1.29, 1.82) is 0 Å². The Hall–Kier alpha value is -3.62. The van der Waals surface area contributed by atoms with Gasteiger partial charge in [-0.05, 0) is 48.9 Å². The summed E-state index contributed by atoms with van der Waals surface area (Å²) in [6.07, 6.45) is 1.56. The van der Waals surface area contributed by atoms with Gasteiger partial charge in [0.2, 0.25) is 0 Å². The van der Waals surface area contributed by atoms with Gasteiger partial charge >= 0.3 is 5.97 Å². The van der Waals surface area contributed by atoms with Crippen LogP contribution in [0.15, 0.2) is 60.8 Å². The Labute approximate surface area is 167 Å². The summed E-state index contributed by atoms with van der Waals surface area (Å²) in [7, 11) is 0. The highest BCUT2D eigenvalue weighted by Gasteiger charge is 2.15. The lowest BCUT2D eigenvalue weighted by atomic mass is 10.1. The monoisotopic (exact) mass is 390 g/mol. The topological polar surface area (TPSA) is 79.3 Å². The third-order valence-corrected chi connectivity index (χ3v) is 4.22. The first-order valence-corrected chi connectivity index (χ1v) is 8.70. The second kappa shape index (κ2) is 8.38. The number of hydrogen-bond donors (Lipinski definition) is 2. The van der Waals surface area contributed by atoms with Gasteiger partial charge in [-0.3, -0.25) is 4.79 Å². The molecule has 3 rings (SSSR count). The van der Waals surface area contributed by atoms with Crippen LogP contribution in [0.5, 0.6) is 0 Å². The van der Waals surface area contributed by atoms with E-state index in [1.165, 1.54) is 18.2 Å². The maximum atomic E-state index is 12.5. The highest BCUT2D eigenvalue weighted by molar-refractivity contribution is 6.34. The molecule has 0 saturated carbocycles. The summed E-state index contributed by atoms with van der Waals surface area (Å²) in [6, 6.07) is 15.3. The van der Waals surface area contributed by atoms with E-state index in [1.54, 1.807) is 13.1 Å². The minimum absolute atomic E-state index is 0.0224. The highest BCUT2D eigenvalue weighted by atomic mass is 35.5. The molecule has 28 heavy (non-hydrogen) atoms. The largest absolute Gasteiger partial charge is 0.478 e. The summed E-state index contributed by atoms with van der Waals surface area (Å²) in [6.45, 7) is 1.80. The Morgan fingerprint density at radius 1 is 1.04 bits per heavy atom. The van der Waals surface area contributed by atoms with E-state index < -0.39 is 11.9 Å². The van der Waals surface area contributed by atoms with Crippen molar-refractivity contribution >= 4 is 29.3 Å². The van der Waals surface area contributed by atoms with E-state index >= 15 is 0 Å². The summed E-state index contributed by atoms with van der Waals surface area (Å²) in [4.78, 5) is 27.9. The number of halogens is 1. The molecule has 1 aromatic heterocycles. The molecule has 1 heterocycles. The Kier molecular flexibility index (Phi) is 5.73. The van der Waals surface area contributed by atoms with Crippen molar-refractivity contribution in [1.82, 2.24) is 4.98 Å². The van der Waals surface area contributed by atoms with Gasteiger partial charge in [0.15, 0.2) is 0 Å². The van der Waals surface area contributed by atoms with E-state index in [-0.39, 0.29) is 16.1 Å². The van der Waals surface area contributed by atoms with Crippen LogP contribution in [-0.4, -0.2) is 22.0 Å². The van der Waals surface area contributed by atoms with Gasteiger partial charge in [0.1, 0.15) is 5.82 Å². The summed E-state index contributed by atoms with van der Waals surface area (Å²) in [5, 5.41) is 11.9. The molecule has 0 atom stereocenters. The molecule has 0 unspecified atom stereocenters. The third-order valence-electron chi connectivity index (χ3n) is 3.89. The maximum absolute atomic E-state index is 12.5. The van der Waals surface area contributed by atoms with E-state index in [4.69, 9.17) is 16.7 Å². The van der Waals surface area contributed by atoms with Crippen LogP contribution in [-0.2, 0) is 0 Å². The SMILES string of the molecule is Cc1cc(C#Cc2ccccc2)cnc1NC(=O)c1cc(C(=O)O)ccc1Cl. The minimum Gasteiger partial charge on any atom is -0.478 e. The number of nitrogens with zero attached hydrogens (tertiary/aromatic N) is 1. The van der Waals surface area contributed by atoms with Crippen molar-refractivity contribution in [2.24, 2.45) is 0 Å². The van der Waals surface area contributed by atoms with Crippen LogP contribution in [0.25, 0.3) is 0 Å². The van der Waals surface area contributed by atoms with Crippen LogP contribution in [0.2, 0.25) is 5.02 Å². The van der Waals surface area contributed by atoms with E-state index in [1.807, 2.05) is 36.4 Å². The molecule has 0 fully saturated rings. The molecule has 1 amide bonds. The Balaban J connectivity index is 1.80. The number of aromatic nitrogens is 1. The summed E-state index contributed by atoms with van der Waals surface area (Å²) in [5.74, 6) is 4.76. The number of carboxylic acid groups (broad SMARTS) is 1. The number of carbonyl (C=O) groups is 2. The number of hydrogen-bond acceptors (Lipinski definition) is 3. The molecule has 0 aliphatic carbocycles. The molecular formula is C22H15ClN2O3. The van der Waals surface area contributed by atoms with Gasteiger partial charge in [0.25, 0.3) is 5.91 Å². The molecule has 0 spiro atoms. The average molecular weight is 391 g/mol. The predicted molar refractivity (Wildman–Crippen MR) is 108 cm³/mol. The number of benzene rings is 2. The lowest BCUT2D eigenvalue weighted by Gasteiger charge is -2.09. The number of aromatic carboxylic acids is 1. The van der Waals surface area contributed by atoms with Crippen molar-refractivity contribution in [2.75, 3.05) is 5.32 Å². The van der Waals surface area contributed by atoms with Crippen LogP contribution >= 0.6 is 11.6 Å². The fourth-order valence-corrected chi connectivity index (χ4v) is 2.65. The molecule has 0 aliphatic heterocycles. The van der Waals surface area contributed by atoms with Gasteiger partial charge < -0.3 is 10.4 Å². The Morgan fingerprint density at radius 2 is 1.75 bits per heavy atom. The summed E-state index contributed by atoms with van der Waals surface area (Å²) < 4.78 is 0. The molecule has 5 nitrogen and oxygen atoms in total. The third kappa shape index (κ3) is 4.56. The van der Waals surface area contributed by atoms with E-state index in [9.17, 15) is 9.59 Å². The zero-order valence-electron chi connectivity index (χ0n) is 14.9. The number of amides is 1. The summed E-state index contributed by atoms with van der Waals surface area (Å²) in [5.41, 5.74) is 2.37. The predicted octanol–water partition coefficient (Wildman–Crippen LogP) is 4.39. The quantitative estimate of drug-likeness (QED) is 0.650. The van der Waals surface area contributed by atoms with Crippen LogP contribution in [0.1, 0.15) is 37.4 Å². The fourth-order valence-electron chi connectivity index (χ4n) is 2.45. The first-order chi connectivity index (χ1) is 13.4. The molecule has 3 aromatic rings. The number of rotatable bonds is 3. The van der Waals surface area contributed by atoms with Gasteiger partial charge in [-0.1, -0.05) is 41.6 Å². The van der Waals surface area contributed by atoms with Crippen LogP contribution in [0, 0.1) is 18.8 Å². The smallest absolute Gasteiger partial charge is 0.335 e. The normalized spacial score (nSPS) is 9.93. The number of anilines is 1. The van der Waals surface area contributed by atoms with E-state index in [0.29, 0.717) is 11.4 Å². The minimum atomic E-state index is -1.14. The number of carboxylic acids is 1. The molecule has 0 bridgehead atoms. The first kappa shape index (κ1) is 19.2. The second-order valence-electron chi connectivity index (χ2n) is 5.96. The van der Waals surface area contributed by atoms with Crippen molar-refractivity contribution in [3.8, 4) is 11.8 Å². The number of pyridine rings is 1. The van der Waals surface area contributed by atoms with Gasteiger partial charge in [-0.25, -0.2) is 9.78 Å². The van der Waals surface area contributed by atoms with E-state index in [2.05, 4.69) is 22.1 Å². The molecule has 0 aliphatic rings. The Morgan fingerprint density at radius 3 is 2.43 bits per heavy atom. The zero-order chi connectivity index (χ0) is 20.1. The number of aryl methyl sites for hydroxylation is 1. The number of carbonyl (C=O) groups excluding carboxylic acids is 1. The lowest BCUT2D eigenvalue weighted by molar-refractivity contribution is 0.0697. The molecule has 2 N–H and O–H groups in total. The zero-order valence-corrected chi connectivity index (χ0v) is 15.6. The van der Waals surface area contributed by atoms with Crippen LogP contribution in [0.4, 0.5) is 5.82 Å². The van der Waals surface area contributed by atoms with Crippen molar-refractivity contribution in [3.63, 3.8) is 0 Å². The molecule has 0 radical (unpaired) electrons. The molecular weight excluding hydrogens is 376 g/mol. The van der Waals surface area contributed by atoms with Gasteiger partial charge in [0, 0.05) is 17.3 Å². The molecule has 2 aromatic carbocycles. The molecule has 0 saturated heterocycles. The first-order valence-electron chi connectivity index (χ1n) is 8.32. The lowest BCUT2D eigenvalue weighted by Crippen LogP contribution is -2.15. The standard InChI is InChI=1S/C22H15ClN2O3/c1-14-11-16(8-7-15-5-3-2-4-6-15)13-24-20(14)25-21(26)18-12-17(22(27)28)9-10-19(18)23/h2-6,9-13H,1H3,(H,27,28)(H,24,25,26). The summed E-state index contributed by atoms with van der Waals surface area (Å²) >= 11 is 6.03. The van der Waals surface area contributed by atoms with Gasteiger partial charge in [-0.2, -0.15) is 0 Å². The van der Waals surface area contributed by atoms with Crippen LogP contribution in [0.3, 0.4) is 0 Å². The van der Waals surface area contributed by atoms with Gasteiger partial charge in [-0.15, -0.1) is 0 Å². The van der Waals surface area contributed by atoms with Gasteiger partial charge in [0.05, 0.1) is 16.1 Å². The Bertz CT molecular complexity index is 1120. The molecule has 138 valence electrons. The van der Waals surface area contributed by atoms with Crippen molar-refractivity contribution < 1.29 is 14.7 Å². The van der Waals surface area contributed by atoms with Crippen molar-refractivity contribution in [2.45, 2.75) is 6.92 Å². The highest BCUT2D eigenvalue weighted by Crippen LogP contribution is 2.20. The van der Waals surface area contributed by atoms with Crippen molar-refractivity contribution in [3.05, 3.63) is 93.6 Å². The second-order valence-corrected chi connectivity index (χ2v) is 6.37. The maximum Gasteiger partial charge on any atom is 0.335 e. The van der Waals surface area contributed by atoms with E-state index in [0.717, 1.165) is 11.1 Å². The fraction of sp³-hybridized carbons (Fsp3) is 0.0455. The van der Waals surface area contributed by atoms with Crippen LogP contribution < -0.4 is 5.32 Å².